The molecule has 0 spiro atoms. The van der Waals surface area contributed by atoms with Crippen LogP contribution in [0.2, 0.25) is 0 Å². The van der Waals surface area contributed by atoms with Crippen LogP contribution in [0.3, 0.4) is 0 Å². The smallest absolute Gasteiger partial charge is 0.348 e. The number of halogens is 1. The highest BCUT2D eigenvalue weighted by atomic mass is 19.1. The largest absolute Gasteiger partial charge is 0.508 e. The monoisotopic (exact) mass is 563 g/mol. The van der Waals surface area contributed by atoms with Gasteiger partial charge in [-0.1, -0.05) is 13.8 Å². The second-order valence-corrected chi connectivity index (χ2v) is 9.83. The first-order valence-electron chi connectivity index (χ1n) is 12.6. The van der Waals surface area contributed by atoms with Crippen molar-refractivity contribution in [2.75, 3.05) is 0 Å². The zero-order valence-corrected chi connectivity index (χ0v) is 22.0. The van der Waals surface area contributed by atoms with Crippen LogP contribution in [0, 0.1) is 5.82 Å². The minimum Gasteiger partial charge on any atom is -0.508 e. The second kappa shape index (κ2) is 10.3. The van der Waals surface area contributed by atoms with E-state index in [0.29, 0.717) is 32.9 Å². The number of hydrogen-bond acceptors (Lipinski definition) is 7. The second-order valence-electron chi connectivity index (χ2n) is 9.83. The molecular formula is C27H26FN7O6. The average molecular weight is 564 g/mol. The summed E-state index contributed by atoms with van der Waals surface area (Å²) in [5.74, 6) is -2.27. The Balaban J connectivity index is 1.50. The fraction of sp³-hybridized carbons (Fsp3) is 0.222. The van der Waals surface area contributed by atoms with Crippen molar-refractivity contribution in [1.29, 1.82) is 0 Å². The highest BCUT2D eigenvalue weighted by Crippen LogP contribution is 2.37. The van der Waals surface area contributed by atoms with Crippen molar-refractivity contribution in [2.45, 2.75) is 39.4 Å². The van der Waals surface area contributed by atoms with Crippen LogP contribution in [-0.2, 0) is 24.4 Å². The maximum Gasteiger partial charge on any atom is 0.348 e. The van der Waals surface area contributed by atoms with Gasteiger partial charge in [0.15, 0.2) is 5.82 Å². The molecule has 0 radical (unpaired) electrons. The minimum absolute atomic E-state index is 0.0566. The van der Waals surface area contributed by atoms with E-state index >= 15 is 0 Å². The van der Waals surface area contributed by atoms with E-state index < -0.39 is 35.2 Å². The zero-order chi connectivity index (χ0) is 29.6. The summed E-state index contributed by atoms with van der Waals surface area (Å²) in [4.78, 5) is 48.9. The van der Waals surface area contributed by atoms with E-state index in [-0.39, 0.29) is 41.9 Å². The fourth-order valence-electron chi connectivity index (χ4n) is 4.78. The van der Waals surface area contributed by atoms with E-state index in [0.717, 1.165) is 4.57 Å². The number of aromatic hydroxyl groups is 2. The van der Waals surface area contributed by atoms with Gasteiger partial charge in [0.2, 0.25) is 11.7 Å². The molecule has 14 heteroatoms. The number of phenols is 2. The number of carbonyl (C=O) groups excluding carboxylic acids is 1. The predicted octanol–water partition coefficient (Wildman–Crippen LogP) is 1.36. The van der Waals surface area contributed by atoms with Crippen molar-refractivity contribution in [1.82, 2.24) is 28.5 Å². The molecule has 2 aromatic carbocycles. The third kappa shape index (κ3) is 4.90. The average Bonchev–Trinajstić information content (AvgIpc) is 3.49. The number of hydrogen-bond donors (Lipinski definition) is 4. The summed E-state index contributed by atoms with van der Waals surface area (Å²) >= 11 is 0. The van der Waals surface area contributed by atoms with Gasteiger partial charge in [0.25, 0.3) is 5.56 Å². The molecule has 0 fully saturated rings. The number of phenolic OH excluding ortho intramolecular Hbond substituents is 2. The number of amides is 1. The van der Waals surface area contributed by atoms with Crippen LogP contribution in [-0.4, -0.2) is 44.6 Å². The molecule has 0 aliphatic heterocycles. The van der Waals surface area contributed by atoms with Gasteiger partial charge in [-0.25, -0.2) is 19.3 Å². The van der Waals surface area contributed by atoms with Crippen molar-refractivity contribution >= 4 is 16.8 Å². The SMILES string of the molecule is CC(C)c1cc(-c2n[nH]c(=O)n2-c2ccc3c(ccn3CCn3c(=O)c(F)cn(CC(N)=O)c3=O)c2)c(O)cc1O. The number of rotatable bonds is 8. The summed E-state index contributed by atoms with van der Waals surface area (Å²) < 4.78 is 18.6. The summed E-state index contributed by atoms with van der Waals surface area (Å²) in [5.41, 5.74) is 4.56. The van der Waals surface area contributed by atoms with E-state index in [4.69, 9.17) is 5.73 Å². The Bertz CT molecular complexity index is 2000. The number of nitrogens with one attached hydrogen (secondary N) is 1. The number of carbonyl (C=O) groups is 1. The molecule has 0 aliphatic rings. The van der Waals surface area contributed by atoms with E-state index in [1.807, 2.05) is 13.8 Å². The van der Waals surface area contributed by atoms with Gasteiger partial charge in [0.1, 0.15) is 18.0 Å². The molecule has 3 heterocycles. The fourth-order valence-corrected chi connectivity index (χ4v) is 4.78. The van der Waals surface area contributed by atoms with Crippen LogP contribution in [0.5, 0.6) is 11.5 Å². The van der Waals surface area contributed by atoms with Gasteiger partial charge in [-0.3, -0.25) is 18.7 Å². The van der Waals surface area contributed by atoms with Gasteiger partial charge in [-0.15, -0.1) is 0 Å². The summed E-state index contributed by atoms with van der Waals surface area (Å²) in [6, 6.07) is 9.67. The van der Waals surface area contributed by atoms with Crippen molar-refractivity contribution in [3.05, 3.63) is 91.5 Å². The number of aromatic nitrogens is 6. The van der Waals surface area contributed by atoms with E-state index in [9.17, 15) is 33.8 Å². The van der Waals surface area contributed by atoms with Crippen LogP contribution in [0.4, 0.5) is 4.39 Å². The lowest BCUT2D eigenvalue weighted by Crippen LogP contribution is -2.43. The minimum atomic E-state index is -1.19. The number of nitrogens with zero attached hydrogens (tertiary/aromatic N) is 5. The van der Waals surface area contributed by atoms with Crippen LogP contribution in [0.25, 0.3) is 28.0 Å². The van der Waals surface area contributed by atoms with Gasteiger partial charge in [-0.2, -0.15) is 9.49 Å². The number of nitrogens with two attached hydrogens (primary N) is 1. The van der Waals surface area contributed by atoms with Crippen LogP contribution >= 0.6 is 0 Å². The van der Waals surface area contributed by atoms with E-state index in [2.05, 4.69) is 10.2 Å². The van der Waals surface area contributed by atoms with Gasteiger partial charge >= 0.3 is 11.4 Å². The van der Waals surface area contributed by atoms with Gasteiger partial charge in [-0.05, 0) is 41.8 Å². The lowest BCUT2D eigenvalue weighted by Gasteiger charge is -2.13. The van der Waals surface area contributed by atoms with E-state index in [1.54, 1.807) is 41.1 Å². The summed E-state index contributed by atoms with van der Waals surface area (Å²) in [6.07, 6.45) is 2.37. The molecule has 5 N–H and O–H groups in total. The molecule has 0 saturated carbocycles. The molecule has 212 valence electrons. The highest BCUT2D eigenvalue weighted by molar-refractivity contribution is 5.83. The molecule has 3 aromatic heterocycles. The molecule has 0 unspecified atom stereocenters. The molecule has 0 aliphatic carbocycles. The topological polar surface area (TPSA) is 183 Å². The molecule has 1 amide bonds. The number of H-pyrrole nitrogens is 1. The summed E-state index contributed by atoms with van der Waals surface area (Å²) in [5, 5.41) is 28.0. The lowest BCUT2D eigenvalue weighted by molar-refractivity contribution is -0.118. The number of aryl methyl sites for hydroxylation is 1. The predicted molar refractivity (Wildman–Crippen MR) is 147 cm³/mol. The molecule has 0 saturated heterocycles. The maximum absolute atomic E-state index is 14.1. The molecule has 5 rings (SSSR count). The number of fused-ring (bicyclic) bond motifs is 1. The maximum atomic E-state index is 14.1. The third-order valence-electron chi connectivity index (χ3n) is 6.78. The molecule has 0 atom stereocenters. The van der Waals surface area contributed by atoms with Crippen LogP contribution < -0.4 is 22.7 Å². The third-order valence-corrected chi connectivity index (χ3v) is 6.78. The molecule has 13 nitrogen and oxygen atoms in total. The van der Waals surface area contributed by atoms with Gasteiger partial charge in [0.05, 0.1) is 17.4 Å². The normalized spacial score (nSPS) is 11.5. The Hall–Kier alpha value is -5.40. The molecule has 0 bridgehead atoms. The number of benzene rings is 2. The Morgan fingerprint density at radius 1 is 1.05 bits per heavy atom. The standard InChI is InChI=1S/C27H26FN7O6/c1-14(2)17-10-18(22(37)11-21(17)36)24-30-31-26(40)35(24)16-3-4-20-15(9-16)5-6-32(20)7-8-34-25(39)19(28)12-33(27(34)41)13-23(29)38/h3-6,9-12,14,36-37H,7-8,13H2,1-2H3,(H2,29,38)(H,31,40). The molecule has 5 aromatic rings. The first-order valence-corrected chi connectivity index (χ1v) is 12.6. The molecule has 41 heavy (non-hydrogen) atoms. The van der Waals surface area contributed by atoms with Crippen LogP contribution in [0.15, 0.2) is 63.2 Å². The van der Waals surface area contributed by atoms with E-state index in [1.165, 1.54) is 10.6 Å². The zero-order valence-electron chi connectivity index (χ0n) is 22.0. The number of primary amides is 1. The van der Waals surface area contributed by atoms with Gasteiger partial charge in [0, 0.05) is 36.3 Å². The van der Waals surface area contributed by atoms with Crippen LogP contribution in [0.1, 0.15) is 25.3 Å². The first kappa shape index (κ1) is 27.2. The first-order chi connectivity index (χ1) is 19.5. The van der Waals surface area contributed by atoms with Crippen molar-refractivity contribution in [3.8, 4) is 28.6 Å². The Kier molecular flexibility index (Phi) is 6.82. The van der Waals surface area contributed by atoms with Crippen molar-refractivity contribution in [2.24, 2.45) is 5.73 Å². The summed E-state index contributed by atoms with van der Waals surface area (Å²) in [7, 11) is 0. The number of aromatic amines is 1. The highest BCUT2D eigenvalue weighted by Gasteiger charge is 2.20. The Morgan fingerprint density at radius 2 is 1.80 bits per heavy atom. The Morgan fingerprint density at radius 3 is 2.51 bits per heavy atom. The quantitative estimate of drug-likeness (QED) is 0.220. The summed E-state index contributed by atoms with van der Waals surface area (Å²) in [6.45, 7) is 3.14. The lowest BCUT2D eigenvalue weighted by atomic mass is 9.98. The Labute approximate surface area is 230 Å². The molecular weight excluding hydrogens is 537 g/mol. The van der Waals surface area contributed by atoms with Crippen molar-refractivity contribution < 1.29 is 19.4 Å². The van der Waals surface area contributed by atoms with Crippen molar-refractivity contribution in [3.63, 3.8) is 0 Å². The van der Waals surface area contributed by atoms with Gasteiger partial charge < -0.3 is 20.5 Å².